The molecule has 2 aliphatic rings. The monoisotopic (exact) mass is 490 g/mol. The quantitative estimate of drug-likeness (QED) is 0.390. The second kappa shape index (κ2) is 9.35. The van der Waals surface area contributed by atoms with Crippen LogP contribution in [0.25, 0.3) is 11.7 Å². The highest BCUT2D eigenvalue weighted by molar-refractivity contribution is 8.26. The van der Waals surface area contributed by atoms with Gasteiger partial charge < -0.3 is 4.90 Å². The highest BCUT2D eigenvalue weighted by atomic mass is 32.2. The number of benzene rings is 1. The Kier molecular flexibility index (Phi) is 6.27. The zero-order valence-corrected chi connectivity index (χ0v) is 20.9. The van der Waals surface area contributed by atoms with Crippen LogP contribution in [0, 0.1) is 13.8 Å². The highest BCUT2D eigenvalue weighted by Crippen LogP contribution is 2.35. The molecule has 34 heavy (non-hydrogen) atoms. The molecular weight excluding hydrogens is 464 g/mol. The Labute approximate surface area is 208 Å². The topological polar surface area (TPSA) is 57.9 Å². The zero-order chi connectivity index (χ0) is 23.8. The van der Waals surface area contributed by atoms with E-state index in [1.165, 1.54) is 23.7 Å². The van der Waals surface area contributed by atoms with Crippen molar-refractivity contribution in [1.82, 2.24) is 14.3 Å². The maximum atomic E-state index is 13.6. The number of rotatable bonds is 4. The van der Waals surface area contributed by atoms with Crippen LogP contribution in [0.2, 0.25) is 0 Å². The third-order valence-corrected chi connectivity index (χ3v) is 7.71. The summed E-state index contributed by atoms with van der Waals surface area (Å²) in [6.07, 6.45) is 6.73. The number of pyridine rings is 1. The molecule has 5 rings (SSSR count). The third kappa shape index (κ3) is 4.28. The molecule has 8 heteroatoms. The molecule has 0 saturated carbocycles. The summed E-state index contributed by atoms with van der Waals surface area (Å²) in [4.78, 5) is 36.1. The van der Waals surface area contributed by atoms with Gasteiger partial charge in [-0.25, -0.2) is 4.98 Å². The molecular formula is C26H26N4O2S2. The molecule has 2 aromatic heterocycles. The van der Waals surface area contributed by atoms with Crippen LogP contribution < -0.4 is 10.5 Å². The fourth-order valence-electron chi connectivity index (χ4n) is 4.42. The molecule has 4 heterocycles. The summed E-state index contributed by atoms with van der Waals surface area (Å²) in [5.74, 6) is 0.483. The number of hydrogen-bond donors (Lipinski definition) is 0. The molecule has 1 amide bonds. The van der Waals surface area contributed by atoms with Crippen LogP contribution in [0.4, 0.5) is 5.82 Å². The Morgan fingerprint density at radius 1 is 1.06 bits per heavy atom. The predicted molar refractivity (Wildman–Crippen MR) is 142 cm³/mol. The first-order valence-electron chi connectivity index (χ1n) is 11.5. The Morgan fingerprint density at radius 2 is 1.79 bits per heavy atom. The van der Waals surface area contributed by atoms with E-state index >= 15 is 0 Å². The van der Waals surface area contributed by atoms with Crippen LogP contribution in [-0.4, -0.2) is 37.6 Å². The van der Waals surface area contributed by atoms with Crippen molar-refractivity contribution in [2.45, 2.75) is 39.7 Å². The molecule has 3 aromatic rings. The smallest absolute Gasteiger partial charge is 0.267 e. The van der Waals surface area contributed by atoms with E-state index in [0.717, 1.165) is 37.1 Å². The number of anilines is 1. The largest absolute Gasteiger partial charge is 0.356 e. The molecule has 0 aliphatic carbocycles. The summed E-state index contributed by atoms with van der Waals surface area (Å²) in [5, 5.41) is 0. The van der Waals surface area contributed by atoms with E-state index in [1.54, 1.807) is 21.6 Å². The number of thiocarbonyl (C=S) groups is 1. The Morgan fingerprint density at radius 3 is 2.53 bits per heavy atom. The molecule has 0 N–H and O–H groups in total. The SMILES string of the molecule is Cc1ccc(CN2C(=O)C(=Cc3c(N4CCCCC4)nc4c(C)cccn4c3=O)SC2=S)cc1. The maximum Gasteiger partial charge on any atom is 0.267 e. The van der Waals surface area contributed by atoms with Crippen molar-refractivity contribution in [1.29, 1.82) is 0 Å². The third-order valence-electron chi connectivity index (χ3n) is 6.33. The lowest BCUT2D eigenvalue weighted by atomic mass is 10.1. The number of piperidine rings is 1. The molecule has 1 aromatic carbocycles. The number of fused-ring (bicyclic) bond motifs is 1. The van der Waals surface area contributed by atoms with Crippen LogP contribution in [-0.2, 0) is 11.3 Å². The minimum absolute atomic E-state index is 0.168. The number of aromatic nitrogens is 2. The number of thioether (sulfide) groups is 1. The fourth-order valence-corrected chi connectivity index (χ4v) is 5.65. The van der Waals surface area contributed by atoms with E-state index in [0.29, 0.717) is 32.8 Å². The molecule has 2 fully saturated rings. The lowest BCUT2D eigenvalue weighted by molar-refractivity contribution is -0.122. The van der Waals surface area contributed by atoms with Gasteiger partial charge in [-0.1, -0.05) is 59.9 Å². The van der Waals surface area contributed by atoms with Crippen molar-refractivity contribution < 1.29 is 4.79 Å². The van der Waals surface area contributed by atoms with Gasteiger partial charge in [0.2, 0.25) is 0 Å². The van der Waals surface area contributed by atoms with Gasteiger partial charge in [0.1, 0.15) is 15.8 Å². The first kappa shape index (κ1) is 22.8. The molecule has 0 bridgehead atoms. The van der Waals surface area contributed by atoms with E-state index in [2.05, 4.69) is 4.90 Å². The minimum Gasteiger partial charge on any atom is -0.356 e. The van der Waals surface area contributed by atoms with Gasteiger partial charge in [0, 0.05) is 19.3 Å². The lowest BCUT2D eigenvalue weighted by Crippen LogP contribution is -2.33. The summed E-state index contributed by atoms with van der Waals surface area (Å²) >= 11 is 6.78. The average molecular weight is 491 g/mol. The number of nitrogens with zero attached hydrogens (tertiary/aromatic N) is 4. The summed E-state index contributed by atoms with van der Waals surface area (Å²) in [6, 6.07) is 11.9. The van der Waals surface area contributed by atoms with E-state index in [4.69, 9.17) is 17.2 Å². The molecule has 2 aliphatic heterocycles. The normalized spacial score (nSPS) is 17.9. The highest BCUT2D eigenvalue weighted by Gasteiger charge is 2.33. The molecule has 6 nitrogen and oxygen atoms in total. The first-order chi connectivity index (χ1) is 16.4. The summed E-state index contributed by atoms with van der Waals surface area (Å²) < 4.78 is 2.07. The molecule has 2 saturated heterocycles. The summed E-state index contributed by atoms with van der Waals surface area (Å²) in [7, 11) is 0. The van der Waals surface area contributed by atoms with Crippen LogP contribution in [0.1, 0.15) is 41.5 Å². The second-order valence-electron chi connectivity index (χ2n) is 8.84. The molecule has 0 atom stereocenters. The van der Waals surface area contributed by atoms with Crippen LogP contribution in [0.5, 0.6) is 0 Å². The van der Waals surface area contributed by atoms with Gasteiger partial charge >= 0.3 is 0 Å². The van der Waals surface area contributed by atoms with Gasteiger partial charge in [0.25, 0.3) is 11.5 Å². The van der Waals surface area contributed by atoms with Gasteiger partial charge in [-0.05, 0) is 56.4 Å². The van der Waals surface area contributed by atoms with Crippen LogP contribution in [0.3, 0.4) is 0 Å². The van der Waals surface area contributed by atoms with Gasteiger partial charge in [-0.15, -0.1) is 0 Å². The van der Waals surface area contributed by atoms with E-state index < -0.39 is 0 Å². The Balaban J connectivity index is 1.57. The van der Waals surface area contributed by atoms with Crippen molar-refractivity contribution >= 4 is 51.7 Å². The van der Waals surface area contributed by atoms with Gasteiger partial charge in [-0.3, -0.25) is 18.9 Å². The Hall–Kier alpha value is -2.97. The van der Waals surface area contributed by atoms with Crippen LogP contribution >= 0.6 is 24.0 Å². The second-order valence-corrected chi connectivity index (χ2v) is 10.5. The average Bonchev–Trinajstić information content (AvgIpc) is 3.10. The number of amides is 1. The number of hydrogen-bond acceptors (Lipinski definition) is 6. The maximum absolute atomic E-state index is 13.6. The van der Waals surface area contributed by atoms with Crippen molar-refractivity contribution in [3.05, 3.63) is 80.1 Å². The van der Waals surface area contributed by atoms with Crippen molar-refractivity contribution in [2.24, 2.45) is 0 Å². The van der Waals surface area contributed by atoms with Crippen molar-refractivity contribution in [3.8, 4) is 0 Å². The van der Waals surface area contributed by atoms with Crippen molar-refractivity contribution in [3.63, 3.8) is 0 Å². The number of carbonyl (C=O) groups is 1. The van der Waals surface area contributed by atoms with Gasteiger partial charge in [-0.2, -0.15) is 0 Å². The standard InChI is InChI=1S/C26H26N4O2S2/c1-17-8-10-19(11-9-17)16-30-25(32)21(34-26(30)33)15-20-23(28-12-4-3-5-13-28)27-22-18(2)7-6-14-29(22)24(20)31/h6-11,14-15H,3-5,12-13,16H2,1-2H3. The van der Waals surface area contributed by atoms with Crippen molar-refractivity contribution in [2.75, 3.05) is 18.0 Å². The van der Waals surface area contributed by atoms with E-state index in [-0.39, 0.29) is 11.5 Å². The molecule has 0 unspecified atom stereocenters. The summed E-state index contributed by atoms with van der Waals surface area (Å²) in [5.41, 5.74) is 4.05. The number of carbonyl (C=O) groups excluding carboxylic acids is 1. The van der Waals surface area contributed by atoms with Gasteiger partial charge in [0.15, 0.2) is 0 Å². The lowest BCUT2D eigenvalue weighted by Gasteiger charge is -2.29. The molecule has 0 radical (unpaired) electrons. The van der Waals surface area contributed by atoms with E-state index in [1.807, 2.05) is 50.2 Å². The number of aryl methyl sites for hydroxylation is 2. The predicted octanol–water partition coefficient (Wildman–Crippen LogP) is 4.70. The molecule has 0 spiro atoms. The summed E-state index contributed by atoms with van der Waals surface area (Å²) in [6.45, 7) is 6.10. The fraction of sp³-hybridized carbons (Fsp3) is 0.308. The minimum atomic E-state index is -0.172. The van der Waals surface area contributed by atoms with E-state index in [9.17, 15) is 9.59 Å². The first-order valence-corrected chi connectivity index (χ1v) is 12.7. The zero-order valence-electron chi connectivity index (χ0n) is 19.3. The Bertz CT molecular complexity index is 1370. The van der Waals surface area contributed by atoms with Crippen LogP contribution in [0.15, 0.2) is 52.3 Å². The molecule has 174 valence electrons. The van der Waals surface area contributed by atoms with Gasteiger partial charge in [0.05, 0.1) is 17.0 Å².